The van der Waals surface area contributed by atoms with Crippen molar-refractivity contribution in [1.29, 1.82) is 0 Å². The van der Waals surface area contributed by atoms with E-state index in [9.17, 15) is 9.59 Å². The average Bonchev–Trinajstić information content (AvgIpc) is 2.67. The first-order valence-corrected chi connectivity index (χ1v) is 6.90. The van der Waals surface area contributed by atoms with Crippen molar-refractivity contribution in [2.24, 2.45) is 0 Å². The third-order valence-corrected chi connectivity index (χ3v) is 3.45. The van der Waals surface area contributed by atoms with Gasteiger partial charge in [0.2, 0.25) is 5.91 Å². The van der Waals surface area contributed by atoms with Crippen molar-refractivity contribution in [2.45, 2.75) is 25.6 Å². The molecule has 1 aromatic rings. The number of anilines is 1. The second-order valence-electron chi connectivity index (χ2n) is 4.88. The lowest BCUT2D eigenvalue weighted by atomic mass is 10.0. The van der Waals surface area contributed by atoms with Crippen LogP contribution in [-0.4, -0.2) is 38.9 Å². The summed E-state index contributed by atoms with van der Waals surface area (Å²) in [6.45, 7) is 0.277. The molecule has 21 heavy (non-hydrogen) atoms. The lowest BCUT2D eigenvalue weighted by Crippen LogP contribution is -2.34. The minimum absolute atomic E-state index is 0.0222. The van der Waals surface area contributed by atoms with Crippen molar-refractivity contribution in [3.63, 3.8) is 0 Å². The Bertz CT molecular complexity index is 526. The molecule has 2 N–H and O–H groups in total. The Labute approximate surface area is 123 Å². The molecule has 2 amide bonds. The minimum atomic E-state index is -0.464. The maximum atomic E-state index is 12.1. The maximum absolute atomic E-state index is 12.1. The highest BCUT2D eigenvalue weighted by Gasteiger charge is 2.15. The Morgan fingerprint density at radius 1 is 1.33 bits per heavy atom. The second-order valence-corrected chi connectivity index (χ2v) is 4.88. The van der Waals surface area contributed by atoms with Gasteiger partial charge in [-0.15, -0.1) is 0 Å². The van der Waals surface area contributed by atoms with Gasteiger partial charge in [0.15, 0.2) is 6.29 Å². The maximum Gasteiger partial charge on any atom is 0.251 e. The number of ether oxygens (including phenoxy) is 2. The number of benzene rings is 1. The van der Waals surface area contributed by atoms with Gasteiger partial charge in [-0.05, 0) is 36.6 Å². The number of amides is 2. The molecule has 0 radical (unpaired) electrons. The van der Waals surface area contributed by atoms with Gasteiger partial charge in [-0.3, -0.25) is 9.59 Å². The molecule has 1 aromatic carbocycles. The van der Waals surface area contributed by atoms with E-state index < -0.39 is 6.29 Å². The van der Waals surface area contributed by atoms with Crippen LogP contribution in [0, 0.1) is 0 Å². The van der Waals surface area contributed by atoms with Crippen molar-refractivity contribution in [3.8, 4) is 0 Å². The van der Waals surface area contributed by atoms with Crippen LogP contribution in [0.3, 0.4) is 0 Å². The number of fused-ring (bicyclic) bond motifs is 1. The summed E-state index contributed by atoms with van der Waals surface area (Å²) in [4.78, 5) is 23.6. The number of carbonyl (C=O) groups is 2. The van der Waals surface area contributed by atoms with E-state index in [1.54, 1.807) is 12.1 Å². The fourth-order valence-corrected chi connectivity index (χ4v) is 2.26. The molecule has 1 heterocycles. The highest BCUT2D eigenvalue weighted by molar-refractivity contribution is 5.97. The third kappa shape index (κ3) is 4.03. The predicted octanol–water partition coefficient (Wildman–Crippen LogP) is 1.31. The molecule has 0 spiro atoms. The molecule has 2 rings (SSSR count). The molecule has 1 aliphatic heterocycles. The van der Waals surface area contributed by atoms with E-state index in [1.807, 2.05) is 6.07 Å². The lowest BCUT2D eigenvalue weighted by Gasteiger charge is -2.14. The Morgan fingerprint density at radius 3 is 2.81 bits per heavy atom. The van der Waals surface area contributed by atoms with Gasteiger partial charge in [-0.2, -0.15) is 0 Å². The van der Waals surface area contributed by atoms with Crippen molar-refractivity contribution in [3.05, 3.63) is 29.3 Å². The third-order valence-electron chi connectivity index (χ3n) is 3.45. The van der Waals surface area contributed by atoms with E-state index in [0.717, 1.165) is 24.1 Å². The number of methoxy groups -OCH3 is 2. The first-order valence-electron chi connectivity index (χ1n) is 6.90. The van der Waals surface area contributed by atoms with Crippen LogP contribution in [0.1, 0.15) is 28.8 Å². The summed E-state index contributed by atoms with van der Waals surface area (Å²) < 4.78 is 10.0. The fraction of sp³-hybridized carbons (Fsp3) is 0.467. The molecule has 0 unspecified atom stereocenters. The topological polar surface area (TPSA) is 76.7 Å². The van der Waals surface area contributed by atoms with Gasteiger partial charge < -0.3 is 20.1 Å². The number of aryl methyl sites for hydroxylation is 1. The summed E-state index contributed by atoms with van der Waals surface area (Å²) in [5, 5.41) is 5.60. The number of rotatable bonds is 5. The molecule has 114 valence electrons. The van der Waals surface area contributed by atoms with Gasteiger partial charge in [0.1, 0.15) is 0 Å². The van der Waals surface area contributed by atoms with Gasteiger partial charge in [-0.1, -0.05) is 0 Å². The Hall–Kier alpha value is -1.92. The second kappa shape index (κ2) is 7.19. The van der Waals surface area contributed by atoms with Crippen molar-refractivity contribution in [2.75, 3.05) is 26.1 Å². The molecular formula is C15H20N2O4. The summed E-state index contributed by atoms with van der Waals surface area (Å²) in [6.07, 6.45) is 1.63. The van der Waals surface area contributed by atoms with E-state index in [2.05, 4.69) is 10.6 Å². The van der Waals surface area contributed by atoms with Crippen LogP contribution >= 0.6 is 0 Å². The van der Waals surface area contributed by atoms with Gasteiger partial charge in [0.05, 0.1) is 6.54 Å². The minimum Gasteiger partial charge on any atom is -0.354 e. The van der Waals surface area contributed by atoms with Crippen LogP contribution in [0.25, 0.3) is 0 Å². The normalized spacial score (nSPS) is 14.3. The number of nitrogens with one attached hydrogen (secondary N) is 2. The van der Waals surface area contributed by atoms with Gasteiger partial charge >= 0.3 is 0 Å². The molecule has 0 bridgehead atoms. The van der Waals surface area contributed by atoms with Crippen LogP contribution in [0.2, 0.25) is 0 Å². The fourth-order valence-electron chi connectivity index (χ4n) is 2.26. The molecular weight excluding hydrogens is 272 g/mol. The van der Waals surface area contributed by atoms with E-state index in [1.165, 1.54) is 14.2 Å². The molecule has 0 saturated heterocycles. The first kappa shape index (κ1) is 15.5. The molecule has 0 atom stereocenters. The highest BCUT2D eigenvalue weighted by atomic mass is 16.7. The van der Waals surface area contributed by atoms with Crippen LogP contribution in [0.15, 0.2) is 18.2 Å². The lowest BCUT2D eigenvalue weighted by molar-refractivity contribution is -0.116. The Balaban J connectivity index is 2.05. The van der Waals surface area contributed by atoms with Gasteiger partial charge in [0.25, 0.3) is 5.91 Å². The van der Waals surface area contributed by atoms with Crippen LogP contribution in [-0.2, 0) is 20.7 Å². The zero-order chi connectivity index (χ0) is 15.2. The Morgan fingerprint density at radius 2 is 2.10 bits per heavy atom. The number of hydrogen-bond donors (Lipinski definition) is 2. The molecule has 0 aromatic heterocycles. The molecule has 0 fully saturated rings. The van der Waals surface area contributed by atoms with Crippen LogP contribution in [0.5, 0.6) is 0 Å². The van der Waals surface area contributed by atoms with Crippen molar-refractivity contribution >= 4 is 17.5 Å². The number of carbonyl (C=O) groups excluding carboxylic acids is 2. The summed E-state index contributed by atoms with van der Waals surface area (Å²) in [6, 6.07) is 5.30. The van der Waals surface area contributed by atoms with Gasteiger partial charge in [-0.25, -0.2) is 0 Å². The first-order chi connectivity index (χ1) is 10.1. The van der Waals surface area contributed by atoms with Crippen molar-refractivity contribution in [1.82, 2.24) is 5.32 Å². The molecule has 0 saturated carbocycles. The monoisotopic (exact) mass is 292 g/mol. The van der Waals surface area contributed by atoms with Crippen molar-refractivity contribution < 1.29 is 19.1 Å². The zero-order valence-electron chi connectivity index (χ0n) is 12.3. The molecule has 6 heteroatoms. The van der Waals surface area contributed by atoms with E-state index in [4.69, 9.17) is 9.47 Å². The number of hydrogen-bond acceptors (Lipinski definition) is 4. The summed E-state index contributed by atoms with van der Waals surface area (Å²) in [5.74, 6) is -0.165. The summed E-state index contributed by atoms with van der Waals surface area (Å²) >= 11 is 0. The molecule has 6 nitrogen and oxygen atoms in total. The van der Waals surface area contributed by atoms with Gasteiger partial charge in [0, 0.05) is 31.9 Å². The standard InChI is InChI=1S/C15H20N2O4/c1-20-14(21-2)9-16-15(19)11-6-7-12-10(8-11)4-3-5-13(18)17-12/h6-8,14H,3-5,9H2,1-2H3,(H,16,19)(H,17,18). The Kier molecular flexibility index (Phi) is 5.30. The quantitative estimate of drug-likeness (QED) is 0.802. The molecule has 0 aliphatic carbocycles. The largest absolute Gasteiger partial charge is 0.354 e. The van der Waals surface area contributed by atoms with E-state index in [-0.39, 0.29) is 18.4 Å². The average molecular weight is 292 g/mol. The van der Waals surface area contributed by atoms with E-state index in [0.29, 0.717) is 12.0 Å². The predicted molar refractivity (Wildman–Crippen MR) is 78.1 cm³/mol. The summed E-state index contributed by atoms with van der Waals surface area (Å²) in [5.41, 5.74) is 2.35. The summed E-state index contributed by atoms with van der Waals surface area (Å²) in [7, 11) is 3.04. The van der Waals surface area contributed by atoms with Crippen LogP contribution < -0.4 is 10.6 Å². The highest BCUT2D eigenvalue weighted by Crippen LogP contribution is 2.23. The smallest absolute Gasteiger partial charge is 0.251 e. The van der Waals surface area contributed by atoms with Crippen LogP contribution in [0.4, 0.5) is 5.69 Å². The van der Waals surface area contributed by atoms with E-state index >= 15 is 0 Å². The SMILES string of the molecule is COC(CNC(=O)c1ccc2c(c1)CCCC(=O)N2)OC. The molecule has 1 aliphatic rings. The zero-order valence-corrected chi connectivity index (χ0v) is 12.3.